The topological polar surface area (TPSA) is 80.9 Å². The number of nitrogens with zero attached hydrogens (tertiary/aromatic N) is 4. The lowest BCUT2D eigenvalue weighted by molar-refractivity contribution is 0.119. The molecule has 0 aliphatic carbocycles. The van der Waals surface area contributed by atoms with Crippen molar-refractivity contribution >= 4 is 10.9 Å². The van der Waals surface area contributed by atoms with Crippen molar-refractivity contribution in [1.29, 1.82) is 0 Å². The van der Waals surface area contributed by atoms with Gasteiger partial charge in [-0.15, -0.1) is 0 Å². The van der Waals surface area contributed by atoms with E-state index in [1.54, 1.807) is 12.4 Å². The second-order valence-corrected chi connectivity index (χ2v) is 8.28. The molecule has 158 valence electrons. The van der Waals surface area contributed by atoms with Crippen LogP contribution in [0.4, 0.5) is 0 Å². The molecule has 1 aromatic carbocycles. The Morgan fingerprint density at radius 2 is 1.77 bits per heavy atom. The van der Waals surface area contributed by atoms with E-state index in [-0.39, 0.29) is 5.56 Å². The summed E-state index contributed by atoms with van der Waals surface area (Å²) in [6.45, 7) is 6.63. The molecule has 5 rings (SSSR count). The van der Waals surface area contributed by atoms with Crippen LogP contribution in [0.5, 0.6) is 0 Å². The van der Waals surface area contributed by atoms with Crippen molar-refractivity contribution in [2.24, 2.45) is 0 Å². The molecule has 0 radical (unpaired) electrons. The van der Waals surface area contributed by atoms with E-state index in [0.717, 1.165) is 48.3 Å². The molecule has 4 aromatic rings. The number of piperazine rings is 1. The molecule has 31 heavy (non-hydrogen) atoms. The Hall–Kier alpha value is -3.29. The summed E-state index contributed by atoms with van der Waals surface area (Å²) in [7, 11) is 2.18. The largest absolute Gasteiger partial charge is 0.354 e. The summed E-state index contributed by atoms with van der Waals surface area (Å²) in [6, 6.07) is 14.5. The van der Waals surface area contributed by atoms with E-state index in [1.165, 1.54) is 5.56 Å². The van der Waals surface area contributed by atoms with E-state index in [4.69, 9.17) is 0 Å². The van der Waals surface area contributed by atoms with Crippen LogP contribution in [0.15, 0.2) is 59.7 Å². The number of rotatable bonds is 4. The maximum Gasteiger partial charge on any atom is 0.273 e. The maximum atomic E-state index is 12.5. The summed E-state index contributed by atoms with van der Waals surface area (Å²) in [5.74, 6) is 0. The Bertz CT molecular complexity index is 1250. The first-order valence-corrected chi connectivity index (χ1v) is 10.6. The summed E-state index contributed by atoms with van der Waals surface area (Å²) in [4.78, 5) is 24.9. The first kappa shape index (κ1) is 19.7. The fourth-order valence-electron chi connectivity index (χ4n) is 4.25. The summed E-state index contributed by atoms with van der Waals surface area (Å²) in [6.07, 6.45) is 3.43. The van der Waals surface area contributed by atoms with Gasteiger partial charge in [0, 0.05) is 61.1 Å². The smallest absolute Gasteiger partial charge is 0.273 e. The molecule has 0 saturated carbocycles. The molecule has 2 N–H and O–H groups in total. The van der Waals surface area contributed by atoms with Gasteiger partial charge in [-0.1, -0.05) is 12.1 Å². The minimum atomic E-state index is -0.213. The molecular weight excluding hydrogens is 388 g/mol. The third-order valence-corrected chi connectivity index (χ3v) is 6.28. The molecule has 7 nitrogen and oxygen atoms in total. The first-order chi connectivity index (χ1) is 15.1. The summed E-state index contributed by atoms with van der Waals surface area (Å²) in [5.41, 5.74) is 5.09. The Morgan fingerprint density at radius 3 is 2.55 bits per heavy atom. The number of benzene rings is 1. The normalized spacial score (nSPS) is 16.6. The number of hydrogen-bond donors (Lipinski definition) is 2. The van der Waals surface area contributed by atoms with Crippen molar-refractivity contribution in [2.45, 2.75) is 13.0 Å². The molecular formula is C24H26N6O. The Morgan fingerprint density at radius 1 is 1.00 bits per heavy atom. The number of likely N-dealkylation sites (N-methyl/N-ethyl adjacent to an activating group) is 1. The fourth-order valence-corrected chi connectivity index (χ4v) is 4.25. The van der Waals surface area contributed by atoms with Gasteiger partial charge in [0.15, 0.2) is 0 Å². The Kier molecular flexibility index (Phi) is 5.13. The van der Waals surface area contributed by atoms with Gasteiger partial charge in [-0.25, -0.2) is 5.10 Å². The number of fused-ring (bicyclic) bond motifs is 1. The highest BCUT2D eigenvalue weighted by Crippen LogP contribution is 2.28. The molecule has 1 fully saturated rings. The van der Waals surface area contributed by atoms with E-state index in [2.05, 4.69) is 62.1 Å². The lowest BCUT2D eigenvalue weighted by atomic mass is 10.0. The number of nitrogens with one attached hydrogen (secondary N) is 2. The summed E-state index contributed by atoms with van der Waals surface area (Å²) in [5, 5.41) is 7.91. The van der Waals surface area contributed by atoms with Crippen LogP contribution in [0.1, 0.15) is 18.5 Å². The van der Waals surface area contributed by atoms with Crippen molar-refractivity contribution in [3.63, 3.8) is 0 Å². The third kappa shape index (κ3) is 3.89. The second kappa shape index (κ2) is 8.09. The molecule has 4 heterocycles. The van der Waals surface area contributed by atoms with Gasteiger partial charge in [0.05, 0.1) is 17.0 Å². The maximum absolute atomic E-state index is 12.5. The summed E-state index contributed by atoms with van der Waals surface area (Å²) < 4.78 is 0. The van der Waals surface area contributed by atoms with Crippen LogP contribution in [0.25, 0.3) is 33.4 Å². The number of aromatic nitrogens is 4. The van der Waals surface area contributed by atoms with Crippen molar-refractivity contribution in [3.8, 4) is 22.5 Å². The monoisotopic (exact) mass is 414 g/mol. The quantitative estimate of drug-likeness (QED) is 0.536. The van der Waals surface area contributed by atoms with Gasteiger partial charge >= 0.3 is 0 Å². The van der Waals surface area contributed by atoms with Crippen LogP contribution in [0.3, 0.4) is 0 Å². The number of aromatic amines is 2. The van der Waals surface area contributed by atoms with Gasteiger partial charge in [-0.2, -0.15) is 5.10 Å². The molecule has 1 saturated heterocycles. The van der Waals surface area contributed by atoms with E-state index in [0.29, 0.717) is 17.3 Å². The van der Waals surface area contributed by atoms with Gasteiger partial charge < -0.3 is 9.88 Å². The number of pyridine rings is 1. The van der Waals surface area contributed by atoms with Crippen molar-refractivity contribution < 1.29 is 0 Å². The molecule has 0 amide bonds. The Labute approximate surface area is 180 Å². The van der Waals surface area contributed by atoms with Crippen molar-refractivity contribution in [1.82, 2.24) is 30.0 Å². The van der Waals surface area contributed by atoms with Crippen LogP contribution in [0, 0.1) is 0 Å². The Balaban J connectivity index is 1.47. The average Bonchev–Trinajstić information content (AvgIpc) is 3.23. The van der Waals surface area contributed by atoms with Crippen LogP contribution < -0.4 is 5.56 Å². The van der Waals surface area contributed by atoms with Gasteiger partial charge in [0.2, 0.25) is 0 Å². The zero-order valence-corrected chi connectivity index (χ0v) is 17.8. The zero-order valence-electron chi connectivity index (χ0n) is 17.8. The van der Waals surface area contributed by atoms with Gasteiger partial charge in [0.25, 0.3) is 5.56 Å². The van der Waals surface area contributed by atoms with Gasteiger partial charge in [-0.3, -0.25) is 14.7 Å². The first-order valence-electron chi connectivity index (χ1n) is 10.6. The molecule has 7 heteroatoms. The SMILES string of the molecule is CC(c1ccc2cc(-c3cc(-c4ccncc4)n[nH]c3=O)[nH]c2c1)N1CCN(C)CC1. The minimum Gasteiger partial charge on any atom is -0.354 e. The molecule has 3 aromatic heterocycles. The zero-order chi connectivity index (χ0) is 21.4. The van der Waals surface area contributed by atoms with Crippen molar-refractivity contribution in [3.05, 3.63) is 70.8 Å². The molecule has 0 bridgehead atoms. The highest BCUT2D eigenvalue weighted by Gasteiger charge is 2.21. The number of hydrogen-bond acceptors (Lipinski definition) is 5. The van der Waals surface area contributed by atoms with Crippen LogP contribution >= 0.6 is 0 Å². The van der Waals surface area contributed by atoms with Crippen LogP contribution in [0.2, 0.25) is 0 Å². The molecule has 0 spiro atoms. The standard InChI is InChI=1S/C24H26N6O/c1-16(30-11-9-29(2)10-12-30)18-3-4-19-14-23(26-21(19)13-18)20-15-22(27-28-24(20)31)17-5-7-25-8-6-17/h3-8,13-16,26H,9-12H2,1-2H3,(H,28,31). The molecule has 1 unspecified atom stereocenters. The van der Waals surface area contributed by atoms with Crippen LogP contribution in [-0.2, 0) is 0 Å². The summed E-state index contributed by atoms with van der Waals surface area (Å²) >= 11 is 0. The third-order valence-electron chi connectivity index (χ3n) is 6.28. The van der Waals surface area contributed by atoms with Crippen molar-refractivity contribution in [2.75, 3.05) is 33.2 Å². The van der Waals surface area contributed by atoms with Gasteiger partial charge in [0.1, 0.15) is 0 Å². The predicted molar refractivity (Wildman–Crippen MR) is 123 cm³/mol. The van der Waals surface area contributed by atoms with E-state index in [9.17, 15) is 4.79 Å². The lowest BCUT2D eigenvalue weighted by Crippen LogP contribution is -2.45. The minimum absolute atomic E-state index is 0.213. The molecule has 1 aliphatic heterocycles. The highest BCUT2D eigenvalue weighted by molar-refractivity contribution is 5.86. The van der Waals surface area contributed by atoms with E-state index >= 15 is 0 Å². The lowest BCUT2D eigenvalue weighted by Gasteiger charge is -2.36. The van der Waals surface area contributed by atoms with Gasteiger partial charge in [-0.05, 0) is 49.9 Å². The van der Waals surface area contributed by atoms with E-state index < -0.39 is 0 Å². The highest BCUT2D eigenvalue weighted by atomic mass is 16.1. The predicted octanol–water partition coefficient (Wildman–Crippen LogP) is 3.29. The average molecular weight is 415 g/mol. The fraction of sp³-hybridized carbons (Fsp3) is 0.292. The van der Waals surface area contributed by atoms with Crippen LogP contribution in [-0.4, -0.2) is 63.2 Å². The second-order valence-electron chi connectivity index (χ2n) is 8.28. The molecule has 1 aliphatic rings. The van der Waals surface area contributed by atoms with E-state index in [1.807, 2.05) is 24.3 Å². The number of H-pyrrole nitrogens is 2. The molecule has 1 atom stereocenters.